The summed E-state index contributed by atoms with van der Waals surface area (Å²) in [4.78, 5) is 10.9. The van der Waals surface area contributed by atoms with Gasteiger partial charge in [-0.15, -0.1) is 0 Å². The number of cyclic esters (lactones) is 1. The molecule has 0 unspecified atom stereocenters. The topological polar surface area (TPSA) is 35.5 Å². The molecule has 0 bridgehead atoms. The average molecular weight is 170 g/mol. The number of fused-ring (bicyclic) bond motifs is 1. The Bertz CT molecular complexity index is 190. The van der Waals surface area contributed by atoms with Gasteiger partial charge >= 0.3 is 5.97 Å². The fraction of sp³-hybridized carbons (Fsp3) is 0.889. The minimum absolute atomic E-state index is 0.0343. The van der Waals surface area contributed by atoms with E-state index in [0.717, 1.165) is 12.8 Å². The van der Waals surface area contributed by atoms with Crippen molar-refractivity contribution in [3.63, 3.8) is 0 Å². The van der Waals surface area contributed by atoms with Crippen molar-refractivity contribution in [2.75, 3.05) is 13.7 Å². The number of carbonyl (C=O) groups excluding carboxylic acids is 1. The van der Waals surface area contributed by atoms with Crippen molar-refractivity contribution >= 4 is 5.97 Å². The number of hydrogen-bond donors (Lipinski definition) is 0. The molecule has 0 aromatic heterocycles. The van der Waals surface area contributed by atoms with E-state index in [1.54, 1.807) is 7.11 Å². The van der Waals surface area contributed by atoms with Gasteiger partial charge in [0, 0.05) is 13.5 Å². The number of esters is 1. The van der Waals surface area contributed by atoms with Gasteiger partial charge in [-0.05, 0) is 24.7 Å². The largest absolute Gasteiger partial charge is 0.465 e. The maximum atomic E-state index is 10.9. The Morgan fingerprint density at radius 1 is 1.42 bits per heavy atom. The highest BCUT2D eigenvalue weighted by Gasteiger charge is 2.39. The van der Waals surface area contributed by atoms with Gasteiger partial charge in [0.25, 0.3) is 0 Å². The first-order valence-electron chi connectivity index (χ1n) is 4.48. The van der Waals surface area contributed by atoms with Crippen molar-refractivity contribution in [3.05, 3.63) is 0 Å². The van der Waals surface area contributed by atoms with E-state index in [2.05, 4.69) is 0 Å². The van der Waals surface area contributed by atoms with Crippen LogP contribution >= 0.6 is 0 Å². The van der Waals surface area contributed by atoms with Gasteiger partial charge in [0.1, 0.15) is 0 Å². The van der Waals surface area contributed by atoms with Gasteiger partial charge in [0.15, 0.2) is 0 Å². The fourth-order valence-corrected chi connectivity index (χ4v) is 2.28. The van der Waals surface area contributed by atoms with Crippen LogP contribution in [0.3, 0.4) is 0 Å². The second-order valence-electron chi connectivity index (χ2n) is 3.74. The van der Waals surface area contributed by atoms with Crippen LogP contribution in [-0.2, 0) is 14.3 Å². The zero-order chi connectivity index (χ0) is 8.55. The molecule has 0 aromatic carbocycles. The summed E-state index contributed by atoms with van der Waals surface area (Å²) < 4.78 is 10.3. The minimum atomic E-state index is -0.0343. The van der Waals surface area contributed by atoms with Gasteiger partial charge in [-0.3, -0.25) is 4.79 Å². The van der Waals surface area contributed by atoms with Crippen LogP contribution in [-0.4, -0.2) is 25.8 Å². The van der Waals surface area contributed by atoms with Crippen LogP contribution in [0.1, 0.15) is 19.3 Å². The molecule has 1 aliphatic carbocycles. The van der Waals surface area contributed by atoms with E-state index in [9.17, 15) is 4.79 Å². The van der Waals surface area contributed by atoms with E-state index in [1.165, 1.54) is 0 Å². The standard InChI is InChI=1S/C9H14O3/c1-11-8-2-6-4-9(10)12-5-7(6)3-8/h6-8H,2-5H2,1H3/t6-,7+,8+/m0/s1. The molecule has 3 atom stereocenters. The zero-order valence-electron chi connectivity index (χ0n) is 7.29. The zero-order valence-corrected chi connectivity index (χ0v) is 7.29. The number of rotatable bonds is 1. The monoisotopic (exact) mass is 170 g/mol. The Morgan fingerprint density at radius 2 is 2.17 bits per heavy atom. The first kappa shape index (κ1) is 8.05. The average Bonchev–Trinajstić information content (AvgIpc) is 2.46. The van der Waals surface area contributed by atoms with E-state index >= 15 is 0 Å². The van der Waals surface area contributed by atoms with Crippen LogP contribution in [0.2, 0.25) is 0 Å². The highest BCUT2D eigenvalue weighted by Crippen LogP contribution is 2.38. The molecule has 3 nitrogen and oxygen atoms in total. The van der Waals surface area contributed by atoms with Crippen molar-refractivity contribution < 1.29 is 14.3 Å². The third-order valence-corrected chi connectivity index (χ3v) is 3.02. The van der Waals surface area contributed by atoms with Crippen LogP contribution in [0.15, 0.2) is 0 Å². The van der Waals surface area contributed by atoms with E-state index in [0.29, 0.717) is 31.0 Å². The van der Waals surface area contributed by atoms with Crippen molar-refractivity contribution in [1.82, 2.24) is 0 Å². The van der Waals surface area contributed by atoms with Gasteiger partial charge in [0.05, 0.1) is 12.7 Å². The number of carbonyl (C=O) groups is 1. The SMILES string of the molecule is CO[C@@H]1C[C@H]2CC(=O)OC[C@H]2C1. The predicted molar refractivity (Wildman–Crippen MR) is 42.6 cm³/mol. The molecule has 3 heteroatoms. The van der Waals surface area contributed by atoms with Gasteiger partial charge in [-0.2, -0.15) is 0 Å². The van der Waals surface area contributed by atoms with E-state index in [1.807, 2.05) is 0 Å². The molecule has 0 N–H and O–H groups in total. The van der Waals surface area contributed by atoms with E-state index in [4.69, 9.17) is 9.47 Å². The van der Waals surface area contributed by atoms with Gasteiger partial charge < -0.3 is 9.47 Å². The molecule has 0 spiro atoms. The highest BCUT2D eigenvalue weighted by molar-refractivity contribution is 5.70. The highest BCUT2D eigenvalue weighted by atomic mass is 16.5. The molecule has 2 fully saturated rings. The second kappa shape index (κ2) is 3.05. The van der Waals surface area contributed by atoms with Gasteiger partial charge in [-0.25, -0.2) is 0 Å². The fourth-order valence-electron chi connectivity index (χ4n) is 2.28. The first-order chi connectivity index (χ1) is 5.79. The third-order valence-electron chi connectivity index (χ3n) is 3.02. The quantitative estimate of drug-likeness (QED) is 0.550. The van der Waals surface area contributed by atoms with Crippen molar-refractivity contribution in [2.45, 2.75) is 25.4 Å². The van der Waals surface area contributed by atoms with Crippen LogP contribution in [0.5, 0.6) is 0 Å². The first-order valence-corrected chi connectivity index (χ1v) is 4.48. The molecule has 68 valence electrons. The Balaban J connectivity index is 1.97. The summed E-state index contributed by atoms with van der Waals surface area (Å²) in [6, 6.07) is 0. The Kier molecular flexibility index (Phi) is 2.05. The maximum absolute atomic E-state index is 10.9. The molecule has 0 aromatic rings. The normalized spacial score (nSPS) is 40.8. The molecule has 2 aliphatic rings. The summed E-state index contributed by atoms with van der Waals surface area (Å²) in [5.74, 6) is 1.05. The molecule has 0 radical (unpaired) electrons. The third kappa shape index (κ3) is 1.33. The number of hydrogen-bond acceptors (Lipinski definition) is 3. The van der Waals surface area contributed by atoms with Crippen LogP contribution in [0.25, 0.3) is 0 Å². The summed E-state index contributed by atoms with van der Waals surface area (Å²) in [7, 11) is 1.74. The lowest BCUT2D eigenvalue weighted by molar-refractivity contribution is -0.151. The van der Waals surface area contributed by atoms with Crippen LogP contribution in [0, 0.1) is 11.8 Å². The van der Waals surface area contributed by atoms with Crippen LogP contribution in [0.4, 0.5) is 0 Å². The van der Waals surface area contributed by atoms with Crippen molar-refractivity contribution in [1.29, 1.82) is 0 Å². The molecular formula is C9H14O3. The Labute approximate surface area is 72.0 Å². The second-order valence-corrected chi connectivity index (χ2v) is 3.74. The van der Waals surface area contributed by atoms with Crippen LogP contribution < -0.4 is 0 Å². The smallest absolute Gasteiger partial charge is 0.306 e. The molecule has 1 saturated heterocycles. The molecule has 12 heavy (non-hydrogen) atoms. The molecule has 2 rings (SSSR count). The summed E-state index contributed by atoms with van der Waals surface area (Å²) in [5, 5.41) is 0. The molecular weight excluding hydrogens is 156 g/mol. The Morgan fingerprint density at radius 3 is 2.92 bits per heavy atom. The van der Waals surface area contributed by atoms with E-state index < -0.39 is 0 Å². The minimum Gasteiger partial charge on any atom is -0.465 e. The summed E-state index contributed by atoms with van der Waals surface area (Å²) in [5.41, 5.74) is 0. The number of methoxy groups -OCH3 is 1. The lowest BCUT2D eigenvalue weighted by Crippen LogP contribution is -2.26. The molecule has 1 heterocycles. The van der Waals surface area contributed by atoms with E-state index in [-0.39, 0.29) is 5.97 Å². The van der Waals surface area contributed by atoms with Crippen molar-refractivity contribution in [2.24, 2.45) is 11.8 Å². The molecule has 1 aliphatic heterocycles. The van der Waals surface area contributed by atoms with Crippen molar-refractivity contribution in [3.8, 4) is 0 Å². The Hall–Kier alpha value is -0.570. The van der Waals surface area contributed by atoms with Gasteiger partial charge in [-0.1, -0.05) is 0 Å². The summed E-state index contributed by atoms with van der Waals surface area (Å²) in [6.07, 6.45) is 3.06. The predicted octanol–water partition coefficient (Wildman–Crippen LogP) is 0.975. The van der Waals surface area contributed by atoms with Gasteiger partial charge in [0.2, 0.25) is 0 Å². The lowest BCUT2D eigenvalue weighted by Gasteiger charge is -2.23. The molecule has 1 saturated carbocycles. The summed E-state index contributed by atoms with van der Waals surface area (Å²) >= 11 is 0. The lowest BCUT2D eigenvalue weighted by atomic mass is 9.92. The summed E-state index contributed by atoms with van der Waals surface area (Å²) in [6.45, 7) is 0.614. The number of ether oxygens (including phenoxy) is 2. The molecule has 0 amide bonds. The maximum Gasteiger partial charge on any atom is 0.306 e.